The molecule has 5 heteroatoms. The van der Waals surface area contributed by atoms with Gasteiger partial charge in [0.15, 0.2) is 0 Å². The number of imidazole rings is 1. The van der Waals surface area contributed by atoms with Crippen LogP contribution in [-0.4, -0.2) is 21.1 Å². The number of fused-ring (bicyclic) bond motifs is 1. The van der Waals surface area contributed by atoms with E-state index >= 15 is 0 Å². The second-order valence-corrected chi connectivity index (χ2v) is 6.79. The minimum absolute atomic E-state index is 0.218. The molecule has 0 amide bonds. The number of anilines is 1. The first-order valence-electron chi connectivity index (χ1n) is 8.78. The van der Waals surface area contributed by atoms with Gasteiger partial charge < -0.3 is 9.47 Å². The molecule has 4 rings (SSSR count). The van der Waals surface area contributed by atoms with Crippen molar-refractivity contribution in [2.45, 2.75) is 38.8 Å². The number of hydrogen-bond donors (Lipinski definition) is 0. The largest absolute Gasteiger partial charge is 0.346 e. The molecule has 2 aromatic heterocycles. The molecule has 3 aromatic rings. The van der Waals surface area contributed by atoms with Crippen LogP contribution in [0.4, 0.5) is 5.82 Å². The Morgan fingerprint density at radius 1 is 1.20 bits per heavy atom. The van der Waals surface area contributed by atoms with E-state index < -0.39 is 0 Å². The highest BCUT2D eigenvalue weighted by Crippen LogP contribution is 2.37. The van der Waals surface area contributed by atoms with Gasteiger partial charge in [-0.15, -0.1) is 0 Å². The molecule has 0 aliphatic carbocycles. The zero-order valence-corrected chi connectivity index (χ0v) is 14.6. The van der Waals surface area contributed by atoms with Gasteiger partial charge in [0.05, 0.1) is 22.6 Å². The molecule has 1 aliphatic heterocycles. The quantitative estimate of drug-likeness (QED) is 0.721. The zero-order chi connectivity index (χ0) is 17.4. The molecule has 25 heavy (non-hydrogen) atoms. The molecule has 1 saturated heterocycles. The molecular weight excluding hydrogens is 310 g/mol. The van der Waals surface area contributed by atoms with E-state index in [4.69, 9.17) is 10.2 Å². The lowest BCUT2D eigenvalue weighted by molar-refractivity contribution is 0.539. The summed E-state index contributed by atoms with van der Waals surface area (Å²) in [5.41, 5.74) is 2.83. The van der Waals surface area contributed by atoms with E-state index in [2.05, 4.69) is 52.6 Å². The van der Waals surface area contributed by atoms with Gasteiger partial charge in [0, 0.05) is 18.8 Å². The lowest BCUT2D eigenvalue weighted by Gasteiger charge is -2.27. The van der Waals surface area contributed by atoms with E-state index in [9.17, 15) is 0 Å². The van der Waals surface area contributed by atoms with Gasteiger partial charge in [0.2, 0.25) is 0 Å². The van der Waals surface area contributed by atoms with Crippen molar-refractivity contribution >= 4 is 16.9 Å². The van der Waals surface area contributed by atoms with E-state index in [1.54, 1.807) is 6.20 Å². The highest BCUT2D eigenvalue weighted by Gasteiger charge is 2.32. The number of rotatable bonds is 3. The van der Waals surface area contributed by atoms with E-state index in [1.165, 1.54) is 5.52 Å². The second-order valence-electron chi connectivity index (χ2n) is 6.79. The average molecular weight is 331 g/mol. The van der Waals surface area contributed by atoms with Gasteiger partial charge >= 0.3 is 0 Å². The van der Waals surface area contributed by atoms with Crippen molar-refractivity contribution in [1.29, 1.82) is 5.26 Å². The van der Waals surface area contributed by atoms with Gasteiger partial charge in [0.25, 0.3) is 0 Å². The van der Waals surface area contributed by atoms with Crippen LogP contribution in [0.15, 0.2) is 42.6 Å². The number of nitrogens with zero attached hydrogens (tertiary/aromatic N) is 5. The van der Waals surface area contributed by atoms with Gasteiger partial charge in [-0.05, 0) is 51.0 Å². The highest BCUT2D eigenvalue weighted by atomic mass is 15.3. The minimum atomic E-state index is 0.218. The van der Waals surface area contributed by atoms with Crippen LogP contribution in [0.5, 0.6) is 0 Å². The first-order valence-corrected chi connectivity index (χ1v) is 8.78. The van der Waals surface area contributed by atoms with Crippen molar-refractivity contribution in [2.24, 2.45) is 0 Å². The smallest absolute Gasteiger partial charge is 0.132 e. The van der Waals surface area contributed by atoms with Crippen molar-refractivity contribution in [3.63, 3.8) is 0 Å². The van der Waals surface area contributed by atoms with Crippen molar-refractivity contribution in [2.75, 3.05) is 11.4 Å². The van der Waals surface area contributed by atoms with Crippen LogP contribution in [0.25, 0.3) is 11.0 Å². The molecule has 5 nitrogen and oxygen atoms in total. The molecular formula is C20H21N5. The monoisotopic (exact) mass is 331 g/mol. The highest BCUT2D eigenvalue weighted by molar-refractivity contribution is 5.76. The molecule has 1 aliphatic rings. The number of aromatic nitrogens is 3. The van der Waals surface area contributed by atoms with Crippen molar-refractivity contribution in [1.82, 2.24) is 14.5 Å². The SMILES string of the molecule is CC(C)n1c(C2CCCN2c2ccc(C#N)cn2)nc2ccccc21. The first kappa shape index (κ1) is 15.6. The van der Waals surface area contributed by atoms with Crippen LogP contribution in [0.1, 0.15) is 50.2 Å². The van der Waals surface area contributed by atoms with Crippen LogP contribution in [0.2, 0.25) is 0 Å². The van der Waals surface area contributed by atoms with E-state index in [1.807, 2.05) is 18.2 Å². The Bertz CT molecular complexity index is 933. The number of pyridine rings is 1. The summed E-state index contributed by atoms with van der Waals surface area (Å²) in [5.74, 6) is 2.03. The van der Waals surface area contributed by atoms with Crippen LogP contribution in [0.3, 0.4) is 0 Å². The van der Waals surface area contributed by atoms with Gasteiger partial charge in [-0.2, -0.15) is 5.26 Å². The molecule has 3 heterocycles. The van der Waals surface area contributed by atoms with Crippen molar-refractivity contribution in [3.05, 3.63) is 54.0 Å². The topological polar surface area (TPSA) is 57.7 Å². The Hall–Kier alpha value is -2.87. The third-order valence-corrected chi connectivity index (χ3v) is 4.86. The maximum Gasteiger partial charge on any atom is 0.132 e. The van der Waals surface area contributed by atoms with Crippen LogP contribution < -0.4 is 4.90 Å². The molecule has 126 valence electrons. The second kappa shape index (κ2) is 6.21. The van der Waals surface area contributed by atoms with E-state index in [0.717, 1.165) is 36.5 Å². The Kier molecular flexibility index (Phi) is 3.89. The minimum Gasteiger partial charge on any atom is -0.346 e. The molecule has 0 saturated carbocycles. The van der Waals surface area contributed by atoms with Gasteiger partial charge in [0.1, 0.15) is 17.7 Å². The maximum absolute atomic E-state index is 8.98. The Morgan fingerprint density at radius 3 is 2.76 bits per heavy atom. The lowest BCUT2D eigenvalue weighted by Crippen LogP contribution is -2.26. The predicted octanol–water partition coefficient (Wildman–Crippen LogP) is 4.23. The number of benzene rings is 1. The normalized spacial score (nSPS) is 17.4. The molecule has 0 spiro atoms. The van der Waals surface area contributed by atoms with Crippen molar-refractivity contribution < 1.29 is 0 Å². The molecule has 1 atom stereocenters. The van der Waals surface area contributed by atoms with Crippen molar-refractivity contribution in [3.8, 4) is 6.07 Å². The molecule has 1 aromatic carbocycles. The molecule has 0 radical (unpaired) electrons. The summed E-state index contributed by atoms with van der Waals surface area (Å²) in [7, 11) is 0. The standard InChI is InChI=1S/C20H21N5/c1-14(2)25-17-7-4-3-6-16(17)23-20(25)18-8-5-11-24(18)19-10-9-15(12-21)13-22-19/h3-4,6-7,9-10,13-14,18H,5,8,11H2,1-2H3. The van der Waals surface area contributed by atoms with Gasteiger partial charge in [-0.25, -0.2) is 9.97 Å². The summed E-state index contributed by atoms with van der Waals surface area (Å²) in [6.45, 7) is 5.37. The summed E-state index contributed by atoms with van der Waals surface area (Å²) in [5, 5.41) is 8.98. The Morgan fingerprint density at radius 2 is 2.04 bits per heavy atom. The molecule has 0 bridgehead atoms. The summed E-state index contributed by atoms with van der Waals surface area (Å²) in [6.07, 6.45) is 3.83. The summed E-state index contributed by atoms with van der Waals surface area (Å²) in [6, 6.07) is 14.8. The fraction of sp³-hybridized carbons (Fsp3) is 0.350. The molecule has 0 N–H and O–H groups in total. The first-order chi connectivity index (χ1) is 12.2. The number of nitriles is 1. The summed E-state index contributed by atoms with van der Waals surface area (Å²) < 4.78 is 2.35. The fourth-order valence-corrected chi connectivity index (χ4v) is 3.77. The number of para-hydroxylation sites is 2. The van der Waals surface area contributed by atoms with Crippen LogP contribution in [0, 0.1) is 11.3 Å². The summed E-state index contributed by atoms with van der Waals surface area (Å²) >= 11 is 0. The average Bonchev–Trinajstić information content (AvgIpc) is 3.25. The third kappa shape index (κ3) is 2.64. The van der Waals surface area contributed by atoms with Gasteiger partial charge in [-0.1, -0.05) is 12.1 Å². The summed E-state index contributed by atoms with van der Waals surface area (Å²) in [4.78, 5) is 11.8. The molecule has 1 fully saturated rings. The third-order valence-electron chi connectivity index (χ3n) is 4.86. The number of hydrogen-bond acceptors (Lipinski definition) is 4. The van der Waals surface area contributed by atoms with Crippen LogP contribution >= 0.6 is 0 Å². The fourth-order valence-electron chi connectivity index (χ4n) is 3.77. The molecule has 1 unspecified atom stereocenters. The maximum atomic E-state index is 8.98. The van der Waals surface area contributed by atoms with Crippen LogP contribution in [-0.2, 0) is 0 Å². The van der Waals surface area contributed by atoms with E-state index in [-0.39, 0.29) is 6.04 Å². The predicted molar refractivity (Wildman–Crippen MR) is 98.4 cm³/mol. The van der Waals surface area contributed by atoms with E-state index in [0.29, 0.717) is 11.6 Å². The Balaban J connectivity index is 1.79. The Labute approximate surface area is 147 Å². The zero-order valence-electron chi connectivity index (χ0n) is 14.6. The van der Waals surface area contributed by atoms with Gasteiger partial charge in [-0.3, -0.25) is 0 Å². The lowest BCUT2D eigenvalue weighted by atomic mass is 10.2.